The molecule has 2 aromatic rings. The molecular formula is C16H15BrClNO3. The summed E-state index contributed by atoms with van der Waals surface area (Å²) in [5.74, 6) is 0.759. The Hall–Kier alpha value is -1.72. The van der Waals surface area contributed by atoms with Gasteiger partial charge in [-0.05, 0) is 52.7 Å². The fourth-order valence-corrected chi connectivity index (χ4v) is 2.75. The van der Waals surface area contributed by atoms with E-state index < -0.39 is 0 Å². The average Bonchev–Trinajstić information content (AvgIpc) is 2.49. The van der Waals surface area contributed by atoms with Crippen molar-refractivity contribution in [1.82, 2.24) is 0 Å². The van der Waals surface area contributed by atoms with Crippen molar-refractivity contribution in [2.45, 2.75) is 6.92 Å². The fourth-order valence-electron chi connectivity index (χ4n) is 1.97. The number of benzene rings is 2. The number of amides is 1. The lowest BCUT2D eigenvalue weighted by Gasteiger charge is -2.13. The number of carbonyl (C=O) groups is 1. The van der Waals surface area contributed by atoms with Crippen LogP contribution in [0.3, 0.4) is 0 Å². The highest BCUT2D eigenvalue weighted by Gasteiger charge is 2.15. The summed E-state index contributed by atoms with van der Waals surface area (Å²) in [6.07, 6.45) is 0. The summed E-state index contributed by atoms with van der Waals surface area (Å²) in [4.78, 5) is 12.4. The molecule has 1 amide bonds. The molecule has 0 aromatic heterocycles. The van der Waals surface area contributed by atoms with Gasteiger partial charge in [-0.3, -0.25) is 4.79 Å². The van der Waals surface area contributed by atoms with Crippen molar-refractivity contribution >= 4 is 39.1 Å². The molecule has 0 unspecified atom stereocenters. The second-order valence-corrected chi connectivity index (χ2v) is 5.90. The van der Waals surface area contributed by atoms with Gasteiger partial charge in [-0.1, -0.05) is 17.7 Å². The predicted molar refractivity (Wildman–Crippen MR) is 91.4 cm³/mol. The predicted octanol–water partition coefficient (Wildman–Crippen LogP) is 4.68. The summed E-state index contributed by atoms with van der Waals surface area (Å²) >= 11 is 9.34. The molecule has 2 rings (SSSR count). The SMILES string of the molecule is COc1cc(C(=O)Nc2cc(Cl)ccc2C)cc(Br)c1OC. The van der Waals surface area contributed by atoms with E-state index in [4.69, 9.17) is 21.1 Å². The molecule has 0 atom stereocenters. The maximum absolute atomic E-state index is 12.4. The monoisotopic (exact) mass is 383 g/mol. The standard InChI is InChI=1S/C16H15BrClNO3/c1-9-4-5-11(18)8-13(9)19-16(20)10-6-12(17)15(22-3)14(7-10)21-2/h4-8H,1-3H3,(H,19,20). The normalized spacial score (nSPS) is 10.2. The highest BCUT2D eigenvalue weighted by Crippen LogP contribution is 2.36. The summed E-state index contributed by atoms with van der Waals surface area (Å²) in [5.41, 5.74) is 2.05. The van der Waals surface area contributed by atoms with Gasteiger partial charge in [0.1, 0.15) is 0 Å². The van der Waals surface area contributed by atoms with Gasteiger partial charge in [-0.25, -0.2) is 0 Å². The van der Waals surface area contributed by atoms with Crippen LogP contribution in [0.25, 0.3) is 0 Å². The van der Waals surface area contributed by atoms with Gasteiger partial charge >= 0.3 is 0 Å². The summed E-state index contributed by atoms with van der Waals surface area (Å²) < 4.78 is 11.1. The molecule has 0 aliphatic rings. The number of nitrogens with one attached hydrogen (secondary N) is 1. The minimum atomic E-state index is -0.257. The van der Waals surface area contributed by atoms with Crippen molar-refractivity contribution in [2.75, 3.05) is 19.5 Å². The second-order valence-electron chi connectivity index (χ2n) is 4.61. The molecule has 0 radical (unpaired) electrons. The van der Waals surface area contributed by atoms with Crippen LogP contribution in [-0.2, 0) is 0 Å². The third-order valence-corrected chi connectivity index (χ3v) is 3.97. The zero-order chi connectivity index (χ0) is 16.3. The van der Waals surface area contributed by atoms with E-state index in [1.165, 1.54) is 14.2 Å². The number of hydrogen-bond acceptors (Lipinski definition) is 3. The van der Waals surface area contributed by atoms with Gasteiger partial charge < -0.3 is 14.8 Å². The lowest BCUT2D eigenvalue weighted by atomic mass is 10.1. The van der Waals surface area contributed by atoms with Crippen LogP contribution in [0.1, 0.15) is 15.9 Å². The Morgan fingerprint density at radius 3 is 2.55 bits per heavy atom. The first kappa shape index (κ1) is 16.6. The van der Waals surface area contributed by atoms with E-state index in [0.29, 0.717) is 32.2 Å². The number of aryl methyl sites for hydroxylation is 1. The largest absolute Gasteiger partial charge is 0.493 e. The molecular weight excluding hydrogens is 370 g/mol. The molecule has 0 saturated carbocycles. The van der Waals surface area contributed by atoms with Gasteiger partial charge in [0, 0.05) is 16.3 Å². The Labute approximate surface area is 142 Å². The molecule has 22 heavy (non-hydrogen) atoms. The number of ether oxygens (including phenoxy) is 2. The molecule has 0 spiro atoms. The van der Waals surface area contributed by atoms with E-state index >= 15 is 0 Å². The van der Waals surface area contributed by atoms with Crippen LogP contribution >= 0.6 is 27.5 Å². The van der Waals surface area contributed by atoms with Crippen LogP contribution < -0.4 is 14.8 Å². The quantitative estimate of drug-likeness (QED) is 0.832. The number of carbonyl (C=O) groups excluding carboxylic acids is 1. The van der Waals surface area contributed by atoms with Crippen molar-refractivity contribution < 1.29 is 14.3 Å². The summed E-state index contributed by atoms with van der Waals surface area (Å²) in [6.45, 7) is 1.90. The van der Waals surface area contributed by atoms with E-state index in [-0.39, 0.29) is 5.91 Å². The molecule has 4 nitrogen and oxygen atoms in total. The molecule has 0 aliphatic heterocycles. The van der Waals surface area contributed by atoms with E-state index in [1.54, 1.807) is 24.3 Å². The molecule has 0 bridgehead atoms. The third kappa shape index (κ3) is 3.54. The van der Waals surface area contributed by atoms with Crippen LogP contribution in [0.15, 0.2) is 34.8 Å². The highest BCUT2D eigenvalue weighted by atomic mass is 79.9. The minimum absolute atomic E-state index is 0.257. The Morgan fingerprint density at radius 1 is 1.18 bits per heavy atom. The van der Waals surface area contributed by atoms with Crippen LogP contribution in [0.2, 0.25) is 5.02 Å². The molecule has 0 saturated heterocycles. The van der Waals surface area contributed by atoms with Crippen molar-refractivity contribution in [1.29, 1.82) is 0 Å². The average molecular weight is 385 g/mol. The zero-order valence-corrected chi connectivity index (χ0v) is 14.7. The highest BCUT2D eigenvalue weighted by molar-refractivity contribution is 9.10. The lowest BCUT2D eigenvalue weighted by Crippen LogP contribution is -2.13. The van der Waals surface area contributed by atoms with Crippen LogP contribution in [0.4, 0.5) is 5.69 Å². The number of methoxy groups -OCH3 is 2. The van der Waals surface area contributed by atoms with E-state index in [1.807, 2.05) is 13.0 Å². The number of anilines is 1. The third-order valence-electron chi connectivity index (χ3n) is 3.14. The molecule has 0 aliphatic carbocycles. The van der Waals surface area contributed by atoms with Crippen molar-refractivity contribution in [3.63, 3.8) is 0 Å². The first-order valence-corrected chi connectivity index (χ1v) is 7.62. The van der Waals surface area contributed by atoms with Crippen LogP contribution in [0.5, 0.6) is 11.5 Å². The Bertz CT molecular complexity index is 719. The maximum atomic E-state index is 12.4. The number of rotatable bonds is 4. The Morgan fingerprint density at radius 2 is 1.91 bits per heavy atom. The second kappa shape index (κ2) is 7.03. The van der Waals surface area contributed by atoms with E-state index in [2.05, 4.69) is 21.2 Å². The summed E-state index contributed by atoms with van der Waals surface area (Å²) in [6, 6.07) is 8.64. The van der Waals surface area contributed by atoms with Gasteiger partial charge in [-0.2, -0.15) is 0 Å². The smallest absolute Gasteiger partial charge is 0.255 e. The number of halogens is 2. The van der Waals surface area contributed by atoms with Gasteiger partial charge in [0.05, 0.1) is 18.7 Å². The van der Waals surface area contributed by atoms with Gasteiger partial charge in [-0.15, -0.1) is 0 Å². The topological polar surface area (TPSA) is 47.6 Å². The first-order valence-electron chi connectivity index (χ1n) is 6.45. The first-order chi connectivity index (χ1) is 10.5. The van der Waals surface area contributed by atoms with Crippen LogP contribution in [-0.4, -0.2) is 20.1 Å². The van der Waals surface area contributed by atoms with Crippen molar-refractivity contribution in [2.24, 2.45) is 0 Å². The maximum Gasteiger partial charge on any atom is 0.255 e. The summed E-state index contributed by atoms with van der Waals surface area (Å²) in [5, 5.41) is 3.41. The van der Waals surface area contributed by atoms with Gasteiger partial charge in [0.2, 0.25) is 0 Å². The Kier molecular flexibility index (Phi) is 5.32. The minimum Gasteiger partial charge on any atom is -0.493 e. The van der Waals surface area contributed by atoms with Crippen molar-refractivity contribution in [3.8, 4) is 11.5 Å². The van der Waals surface area contributed by atoms with Gasteiger partial charge in [0.25, 0.3) is 5.91 Å². The molecule has 1 N–H and O–H groups in total. The number of hydrogen-bond donors (Lipinski definition) is 1. The zero-order valence-electron chi connectivity index (χ0n) is 12.4. The molecule has 0 heterocycles. The molecule has 0 fully saturated rings. The van der Waals surface area contributed by atoms with E-state index in [9.17, 15) is 4.79 Å². The molecule has 2 aromatic carbocycles. The lowest BCUT2D eigenvalue weighted by molar-refractivity contribution is 0.102. The van der Waals surface area contributed by atoms with Crippen molar-refractivity contribution in [3.05, 3.63) is 51.0 Å². The molecule has 6 heteroatoms. The van der Waals surface area contributed by atoms with E-state index in [0.717, 1.165) is 5.56 Å². The fraction of sp³-hybridized carbons (Fsp3) is 0.188. The van der Waals surface area contributed by atoms with Crippen LogP contribution in [0, 0.1) is 6.92 Å². The van der Waals surface area contributed by atoms with Gasteiger partial charge in [0.15, 0.2) is 11.5 Å². The summed E-state index contributed by atoms with van der Waals surface area (Å²) in [7, 11) is 3.06. The Balaban J connectivity index is 2.34. The molecule has 116 valence electrons.